The summed E-state index contributed by atoms with van der Waals surface area (Å²) in [7, 11) is 0. The van der Waals surface area contributed by atoms with Crippen molar-refractivity contribution in [2.24, 2.45) is 0 Å². The number of carbonyl (C=O) groups is 2. The number of rotatable bonds is 9. The zero-order valence-electron chi connectivity index (χ0n) is 17.1. The maximum absolute atomic E-state index is 13.1. The van der Waals surface area contributed by atoms with E-state index in [-0.39, 0.29) is 24.4 Å². The third-order valence-electron chi connectivity index (χ3n) is 5.03. The van der Waals surface area contributed by atoms with Crippen molar-refractivity contribution in [1.29, 1.82) is 0 Å². The average Bonchev–Trinajstić information content (AvgIpc) is 2.72. The van der Waals surface area contributed by atoms with Crippen LogP contribution in [0, 0.1) is 0 Å². The smallest absolute Gasteiger partial charge is 0.242 e. The van der Waals surface area contributed by atoms with Crippen molar-refractivity contribution in [2.45, 2.75) is 58.7 Å². The van der Waals surface area contributed by atoms with E-state index in [0.29, 0.717) is 28.5 Å². The van der Waals surface area contributed by atoms with Gasteiger partial charge >= 0.3 is 0 Å². The second-order valence-corrected chi connectivity index (χ2v) is 8.02. The van der Waals surface area contributed by atoms with Gasteiger partial charge in [-0.15, -0.1) is 0 Å². The van der Waals surface area contributed by atoms with Crippen LogP contribution in [0.3, 0.4) is 0 Å². The second-order valence-electron chi connectivity index (χ2n) is 7.20. The molecule has 0 bridgehead atoms. The first-order chi connectivity index (χ1) is 13.8. The Bertz CT molecular complexity index is 807. The normalized spacial score (nSPS) is 12.9. The molecule has 0 fully saturated rings. The molecule has 0 heterocycles. The van der Waals surface area contributed by atoms with Crippen LogP contribution in [0.5, 0.6) is 0 Å². The molecule has 0 spiro atoms. The molecule has 6 heteroatoms. The number of nitrogens with zero attached hydrogens (tertiary/aromatic N) is 1. The van der Waals surface area contributed by atoms with Crippen LogP contribution in [0.4, 0.5) is 0 Å². The van der Waals surface area contributed by atoms with Crippen molar-refractivity contribution in [3.63, 3.8) is 0 Å². The number of amides is 2. The summed E-state index contributed by atoms with van der Waals surface area (Å²) in [6.45, 7) is 5.86. The molecule has 4 nitrogen and oxygen atoms in total. The number of hydrogen-bond acceptors (Lipinski definition) is 2. The van der Waals surface area contributed by atoms with Crippen LogP contribution < -0.4 is 5.32 Å². The summed E-state index contributed by atoms with van der Waals surface area (Å²) in [6.07, 6.45) is 1.72. The van der Waals surface area contributed by atoms with Gasteiger partial charge in [-0.2, -0.15) is 0 Å². The quantitative estimate of drug-likeness (QED) is 0.584. The number of nitrogens with one attached hydrogen (secondary N) is 1. The van der Waals surface area contributed by atoms with E-state index in [1.807, 2.05) is 44.2 Å². The van der Waals surface area contributed by atoms with Gasteiger partial charge in [0.1, 0.15) is 6.04 Å². The first kappa shape index (κ1) is 23.2. The van der Waals surface area contributed by atoms with Crippen LogP contribution in [-0.4, -0.2) is 28.8 Å². The zero-order chi connectivity index (χ0) is 21.4. The minimum absolute atomic E-state index is 0.0372. The number of hydrogen-bond donors (Lipinski definition) is 1. The fraction of sp³-hybridized carbons (Fsp3) is 0.391. The van der Waals surface area contributed by atoms with Crippen LogP contribution in [0.15, 0.2) is 48.5 Å². The van der Waals surface area contributed by atoms with Crippen LogP contribution >= 0.6 is 23.2 Å². The number of aryl methyl sites for hydroxylation is 1. The summed E-state index contributed by atoms with van der Waals surface area (Å²) in [5.41, 5.74) is 1.72. The van der Waals surface area contributed by atoms with E-state index in [0.717, 1.165) is 12.0 Å². The summed E-state index contributed by atoms with van der Waals surface area (Å²) in [5.74, 6) is -0.299. The molecule has 0 radical (unpaired) electrons. The maximum atomic E-state index is 13.1. The van der Waals surface area contributed by atoms with E-state index in [4.69, 9.17) is 23.2 Å². The minimum atomic E-state index is -0.639. The average molecular weight is 435 g/mol. The molecule has 0 saturated carbocycles. The molecule has 2 amide bonds. The van der Waals surface area contributed by atoms with Crippen molar-refractivity contribution >= 4 is 35.0 Å². The highest BCUT2D eigenvalue weighted by molar-refractivity contribution is 6.36. The van der Waals surface area contributed by atoms with E-state index in [9.17, 15) is 9.59 Å². The SMILES string of the molecule is CC[C@H](C)NC(=O)[C@@H](C)N(Cc1c(Cl)cccc1Cl)C(=O)CCc1ccccc1. The summed E-state index contributed by atoms with van der Waals surface area (Å²) in [4.78, 5) is 27.4. The van der Waals surface area contributed by atoms with Gasteiger partial charge in [-0.3, -0.25) is 9.59 Å². The van der Waals surface area contributed by atoms with E-state index in [1.54, 1.807) is 30.0 Å². The number of halogens is 2. The largest absolute Gasteiger partial charge is 0.352 e. The number of carbonyl (C=O) groups excluding carboxylic acids is 2. The van der Waals surface area contributed by atoms with Gasteiger partial charge in [0.15, 0.2) is 0 Å². The van der Waals surface area contributed by atoms with Gasteiger partial charge in [-0.25, -0.2) is 0 Å². The molecule has 0 unspecified atom stereocenters. The van der Waals surface area contributed by atoms with Gasteiger partial charge in [-0.05, 0) is 44.4 Å². The molecule has 2 rings (SSSR count). The molecule has 0 aliphatic carbocycles. The van der Waals surface area contributed by atoms with E-state index < -0.39 is 6.04 Å². The van der Waals surface area contributed by atoms with Crippen molar-refractivity contribution in [1.82, 2.24) is 10.2 Å². The first-order valence-electron chi connectivity index (χ1n) is 9.90. The van der Waals surface area contributed by atoms with Gasteiger partial charge in [0.2, 0.25) is 11.8 Å². The topological polar surface area (TPSA) is 49.4 Å². The summed E-state index contributed by atoms with van der Waals surface area (Å²) in [6, 6.07) is 14.4. The molecular formula is C23H28Cl2N2O2. The second kappa shape index (κ2) is 11.2. The lowest BCUT2D eigenvalue weighted by Gasteiger charge is -2.30. The molecule has 2 aromatic rings. The summed E-state index contributed by atoms with van der Waals surface area (Å²) < 4.78 is 0. The molecule has 0 aliphatic heterocycles. The van der Waals surface area contributed by atoms with Gasteiger partial charge in [0.05, 0.1) is 0 Å². The Balaban J connectivity index is 2.21. The Morgan fingerprint density at radius 3 is 2.21 bits per heavy atom. The lowest BCUT2D eigenvalue weighted by Crippen LogP contribution is -2.49. The van der Waals surface area contributed by atoms with Gasteiger partial charge in [-0.1, -0.05) is 66.5 Å². The standard InChI is InChI=1S/C23H28Cl2N2O2/c1-4-16(2)26-23(29)17(3)27(15-19-20(24)11-8-12-21(19)25)22(28)14-13-18-9-6-5-7-10-18/h5-12,16-17H,4,13-15H2,1-3H3,(H,26,29)/t16-,17+/m0/s1. The molecule has 2 aromatic carbocycles. The predicted molar refractivity (Wildman–Crippen MR) is 119 cm³/mol. The van der Waals surface area contributed by atoms with Crippen LogP contribution in [-0.2, 0) is 22.6 Å². The first-order valence-corrected chi connectivity index (χ1v) is 10.7. The minimum Gasteiger partial charge on any atom is -0.352 e. The molecule has 1 N–H and O–H groups in total. The Labute approximate surface area is 183 Å². The van der Waals surface area contributed by atoms with Crippen molar-refractivity contribution in [3.8, 4) is 0 Å². The Morgan fingerprint density at radius 2 is 1.62 bits per heavy atom. The van der Waals surface area contributed by atoms with Crippen LogP contribution in [0.2, 0.25) is 10.0 Å². The lowest BCUT2D eigenvalue weighted by atomic mass is 10.1. The third kappa shape index (κ3) is 6.76. The molecule has 0 aliphatic rings. The van der Waals surface area contributed by atoms with Crippen LogP contribution in [0.25, 0.3) is 0 Å². The van der Waals surface area contributed by atoms with E-state index in [2.05, 4.69) is 5.32 Å². The fourth-order valence-corrected chi connectivity index (χ4v) is 3.46. The van der Waals surface area contributed by atoms with Crippen molar-refractivity contribution in [3.05, 3.63) is 69.7 Å². The van der Waals surface area contributed by atoms with E-state index >= 15 is 0 Å². The highest BCUT2D eigenvalue weighted by Crippen LogP contribution is 2.27. The Kier molecular flexibility index (Phi) is 8.99. The molecule has 0 aromatic heterocycles. The molecule has 2 atom stereocenters. The van der Waals surface area contributed by atoms with Gasteiger partial charge in [0, 0.05) is 34.6 Å². The predicted octanol–water partition coefficient (Wildman–Crippen LogP) is 5.26. The highest BCUT2D eigenvalue weighted by atomic mass is 35.5. The molecule has 29 heavy (non-hydrogen) atoms. The van der Waals surface area contributed by atoms with Gasteiger partial charge in [0.25, 0.3) is 0 Å². The monoisotopic (exact) mass is 434 g/mol. The Hall–Kier alpha value is -2.04. The van der Waals surface area contributed by atoms with Gasteiger partial charge < -0.3 is 10.2 Å². The molecular weight excluding hydrogens is 407 g/mol. The number of benzene rings is 2. The summed E-state index contributed by atoms with van der Waals surface area (Å²) in [5, 5.41) is 3.91. The molecule has 0 saturated heterocycles. The fourth-order valence-electron chi connectivity index (χ4n) is 2.94. The third-order valence-corrected chi connectivity index (χ3v) is 5.74. The summed E-state index contributed by atoms with van der Waals surface area (Å²) >= 11 is 12.6. The Morgan fingerprint density at radius 1 is 1.00 bits per heavy atom. The van der Waals surface area contributed by atoms with E-state index in [1.165, 1.54) is 0 Å². The van der Waals surface area contributed by atoms with Crippen molar-refractivity contribution < 1.29 is 9.59 Å². The van der Waals surface area contributed by atoms with Crippen LogP contribution in [0.1, 0.15) is 44.7 Å². The highest BCUT2D eigenvalue weighted by Gasteiger charge is 2.27. The molecule has 156 valence electrons. The zero-order valence-corrected chi connectivity index (χ0v) is 18.6. The lowest BCUT2D eigenvalue weighted by molar-refractivity contribution is -0.140. The maximum Gasteiger partial charge on any atom is 0.242 e. The van der Waals surface area contributed by atoms with Crippen molar-refractivity contribution in [2.75, 3.05) is 0 Å².